The van der Waals surface area contributed by atoms with E-state index in [0.717, 1.165) is 22.9 Å². The molecule has 4 rings (SSSR count). The lowest BCUT2D eigenvalue weighted by atomic mass is 10.0. The zero-order valence-electron chi connectivity index (χ0n) is 18.4. The highest BCUT2D eigenvalue weighted by Gasteiger charge is 2.15. The molecule has 0 radical (unpaired) electrons. The molecule has 9 heteroatoms. The van der Waals surface area contributed by atoms with E-state index >= 15 is 0 Å². The minimum atomic E-state index is -3.42. The van der Waals surface area contributed by atoms with Gasteiger partial charge in [-0.15, -0.1) is 0 Å². The lowest BCUT2D eigenvalue weighted by Crippen LogP contribution is -2.23. The van der Waals surface area contributed by atoms with Crippen LogP contribution >= 0.6 is 0 Å². The average Bonchev–Trinajstić information content (AvgIpc) is 3.23. The van der Waals surface area contributed by atoms with Crippen LogP contribution in [-0.4, -0.2) is 35.7 Å². The fourth-order valence-corrected chi connectivity index (χ4v) is 4.41. The third-order valence-electron chi connectivity index (χ3n) is 5.07. The van der Waals surface area contributed by atoms with Crippen molar-refractivity contribution in [3.05, 3.63) is 83.4 Å². The largest absolute Gasteiger partial charge is 0.346 e. The van der Waals surface area contributed by atoms with E-state index in [4.69, 9.17) is 4.52 Å². The predicted octanol–water partition coefficient (Wildman–Crippen LogP) is 3.75. The Bertz CT molecular complexity index is 1440. The fourth-order valence-electron chi connectivity index (χ4n) is 3.41. The van der Waals surface area contributed by atoms with Crippen LogP contribution < -0.4 is 5.32 Å². The summed E-state index contributed by atoms with van der Waals surface area (Å²) in [6.07, 6.45) is 2.80. The van der Waals surface area contributed by atoms with Crippen LogP contribution in [0.15, 0.2) is 70.2 Å². The predicted molar refractivity (Wildman–Crippen MR) is 123 cm³/mol. The first kappa shape index (κ1) is 22.3. The number of nitrogens with zero attached hydrogens (tertiary/aromatic N) is 3. The molecular weight excluding hydrogens is 440 g/mol. The Kier molecular flexibility index (Phi) is 6.06. The molecule has 33 heavy (non-hydrogen) atoms. The van der Waals surface area contributed by atoms with Gasteiger partial charge in [0, 0.05) is 23.6 Å². The van der Waals surface area contributed by atoms with Crippen molar-refractivity contribution in [3.8, 4) is 22.6 Å². The van der Waals surface area contributed by atoms with Crippen molar-refractivity contribution < 1.29 is 17.7 Å². The van der Waals surface area contributed by atoms with Crippen LogP contribution in [0, 0.1) is 13.8 Å². The number of sulfone groups is 1. The molecule has 168 valence electrons. The Morgan fingerprint density at radius 3 is 2.48 bits per heavy atom. The molecule has 0 spiro atoms. The van der Waals surface area contributed by atoms with Crippen molar-refractivity contribution >= 4 is 15.7 Å². The summed E-state index contributed by atoms with van der Waals surface area (Å²) in [5, 5.41) is 6.63. The first-order valence-electron chi connectivity index (χ1n) is 10.2. The van der Waals surface area contributed by atoms with Gasteiger partial charge in [-0.1, -0.05) is 23.4 Å². The number of carbonyl (C=O) groups is 1. The van der Waals surface area contributed by atoms with Gasteiger partial charge in [0.25, 0.3) is 11.8 Å². The molecule has 0 aliphatic rings. The van der Waals surface area contributed by atoms with Gasteiger partial charge in [-0.3, -0.25) is 9.78 Å². The molecule has 0 aliphatic carbocycles. The first-order valence-corrected chi connectivity index (χ1v) is 12.0. The van der Waals surface area contributed by atoms with Crippen molar-refractivity contribution in [2.75, 3.05) is 6.26 Å². The van der Waals surface area contributed by atoms with E-state index < -0.39 is 9.84 Å². The summed E-state index contributed by atoms with van der Waals surface area (Å²) in [7, 11) is -3.42. The van der Waals surface area contributed by atoms with E-state index in [2.05, 4.69) is 20.4 Å². The van der Waals surface area contributed by atoms with Crippen molar-refractivity contribution in [2.45, 2.75) is 25.3 Å². The number of aromatic nitrogens is 3. The Labute approximate surface area is 191 Å². The zero-order valence-corrected chi connectivity index (χ0v) is 19.2. The topological polar surface area (TPSA) is 115 Å². The van der Waals surface area contributed by atoms with E-state index in [0.29, 0.717) is 23.0 Å². The monoisotopic (exact) mass is 462 g/mol. The smallest absolute Gasteiger partial charge is 0.257 e. The number of hydrogen-bond donors (Lipinski definition) is 1. The summed E-state index contributed by atoms with van der Waals surface area (Å²) in [4.78, 5) is 21.4. The van der Waals surface area contributed by atoms with Gasteiger partial charge in [0.05, 0.1) is 17.1 Å². The Balaban J connectivity index is 1.51. The summed E-state index contributed by atoms with van der Waals surface area (Å²) in [5.74, 6) is 0.637. The normalized spacial score (nSPS) is 11.4. The number of nitrogens with one attached hydrogen (secondary N) is 1. The third-order valence-corrected chi connectivity index (χ3v) is 6.31. The maximum Gasteiger partial charge on any atom is 0.257 e. The second kappa shape index (κ2) is 8.95. The maximum atomic E-state index is 12.6. The molecule has 1 amide bonds. The van der Waals surface area contributed by atoms with Crippen LogP contribution in [0.3, 0.4) is 0 Å². The van der Waals surface area contributed by atoms with Gasteiger partial charge < -0.3 is 9.84 Å². The van der Waals surface area contributed by atoms with Gasteiger partial charge in [0.15, 0.2) is 15.7 Å². The molecule has 2 aromatic heterocycles. The molecule has 0 saturated heterocycles. The van der Waals surface area contributed by atoms with Crippen molar-refractivity contribution in [2.24, 2.45) is 0 Å². The molecule has 0 bridgehead atoms. The highest BCUT2D eigenvalue weighted by atomic mass is 32.2. The molecule has 0 unspecified atom stereocenters. The number of pyridine rings is 1. The third kappa shape index (κ3) is 5.15. The van der Waals surface area contributed by atoms with E-state index in [9.17, 15) is 13.2 Å². The van der Waals surface area contributed by atoms with Gasteiger partial charge in [-0.2, -0.15) is 4.98 Å². The number of hydrogen-bond acceptors (Lipinski definition) is 7. The second-order valence-electron chi connectivity index (χ2n) is 7.70. The molecule has 0 saturated carbocycles. The van der Waals surface area contributed by atoms with Crippen LogP contribution in [0.5, 0.6) is 0 Å². The number of amides is 1. The molecule has 2 aromatic carbocycles. The van der Waals surface area contributed by atoms with Crippen molar-refractivity contribution in [3.63, 3.8) is 0 Å². The quantitative estimate of drug-likeness (QED) is 0.464. The summed E-state index contributed by atoms with van der Waals surface area (Å²) in [6, 6.07) is 16.1. The van der Waals surface area contributed by atoms with Crippen LogP contribution in [0.2, 0.25) is 0 Å². The summed E-state index contributed by atoms with van der Waals surface area (Å²) in [5.41, 5.74) is 4.20. The fraction of sp³-hybridized carbons (Fsp3) is 0.167. The van der Waals surface area contributed by atoms with Crippen LogP contribution in [0.1, 0.15) is 27.4 Å². The zero-order chi connectivity index (χ0) is 23.6. The second-order valence-corrected chi connectivity index (χ2v) is 9.68. The molecule has 1 N–H and O–H groups in total. The Hall–Kier alpha value is -3.85. The number of aryl methyl sites for hydroxylation is 2. The molecule has 2 heterocycles. The van der Waals surface area contributed by atoms with Crippen molar-refractivity contribution in [1.82, 2.24) is 20.4 Å². The van der Waals surface area contributed by atoms with Gasteiger partial charge >= 0.3 is 0 Å². The lowest BCUT2D eigenvalue weighted by Gasteiger charge is -2.09. The van der Waals surface area contributed by atoms with Gasteiger partial charge in [-0.05, 0) is 66.9 Å². The molecular formula is C24H22N4O4S. The van der Waals surface area contributed by atoms with Gasteiger partial charge in [0.2, 0.25) is 0 Å². The summed E-state index contributed by atoms with van der Waals surface area (Å²) < 4.78 is 29.1. The standard InChI is InChI=1S/C24H22N4O4S/c1-15-7-8-19(13-22(15)33(3,30)31)23(29)26-14-21-12-18(9-10-25-21)17-5-4-6-20(11-17)24-27-16(2)28-32-24/h4-13H,14H2,1-3H3,(H,26,29). The van der Waals surface area contributed by atoms with Gasteiger partial charge in [-0.25, -0.2) is 8.42 Å². The van der Waals surface area contributed by atoms with Crippen LogP contribution in [-0.2, 0) is 16.4 Å². The molecule has 0 fully saturated rings. The SMILES string of the molecule is Cc1noc(-c2cccc(-c3ccnc(CNC(=O)c4ccc(C)c(S(C)(=O)=O)c4)c3)c2)n1. The number of carbonyl (C=O) groups excluding carboxylic acids is 1. The van der Waals surface area contributed by atoms with E-state index in [1.165, 1.54) is 6.07 Å². The highest BCUT2D eigenvalue weighted by Crippen LogP contribution is 2.25. The Morgan fingerprint density at radius 2 is 1.76 bits per heavy atom. The minimum absolute atomic E-state index is 0.145. The summed E-state index contributed by atoms with van der Waals surface area (Å²) >= 11 is 0. The van der Waals surface area contributed by atoms with E-state index in [1.807, 2.05) is 36.4 Å². The highest BCUT2D eigenvalue weighted by molar-refractivity contribution is 7.90. The Morgan fingerprint density at radius 1 is 1.00 bits per heavy atom. The molecule has 0 atom stereocenters. The molecule has 8 nitrogen and oxygen atoms in total. The van der Waals surface area contributed by atoms with Crippen LogP contribution in [0.25, 0.3) is 22.6 Å². The van der Waals surface area contributed by atoms with E-state index in [1.54, 1.807) is 32.2 Å². The average molecular weight is 463 g/mol. The molecule has 0 aliphatic heterocycles. The van der Waals surface area contributed by atoms with Gasteiger partial charge in [0.1, 0.15) is 0 Å². The van der Waals surface area contributed by atoms with Crippen LogP contribution in [0.4, 0.5) is 0 Å². The minimum Gasteiger partial charge on any atom is -0.346 e. The summed E-state index contributed by atoms with van der Waals surface area (Å²) in [6.45, 7) is 3.65. The molecule has 4 aromatic rings. The van der Waals surface area contributed by atoms with Crippen molar-refractivity contribution in [1.29, 1.82) is 0 Å². The van der Waals surface area contributed by atoms with E-state index in [-0.39, 0.29) is 22.9 Å². The number of benzene rings is 2. The maximum absolute atomic E-state index is 12.6. The lowest BCUT2D eigenvalue weighted by molar-refractivity contribution is 0.0950. The first-order chi connectivity index (χ1) is 15.7. The number of rotatable bonds is 6.